The topological polar surface area (TPSA) is 137 Å². The van der Waals surface area contributed by atoms with E-state index in [1.54, 1.807) is 10.8 Å². The van der Waals surface area contributed by atoms with E-state index in [2.05, 4.69) is 111 Å². The van der Waals surface area contributed by atoms with Crippen molar-refractivity contribution in [3.63, 3.8) is 0 Å². The Hall–Kier alpha value is -3.37. The summed E-state index contributed by atoms with van der Waals surface area (Å²) in [6, 6.07) is 30.8. The summed E-state index contributed by atoms with van der Waals surface area (Å²) in [6.07, 6.45) is 4.24. The Labute approximate surface area is 286 Å². The van der Waals surface area contributed by atoms with Gasteiger partial charge in [-0.05, 0) is 62.1 Å². The zero-order valence-electron chi connectivity index (χ0n) is 27.0. The highest BCUT2D eigenvalue weighted by molar-refractivity contribution is 8.76. The Kier molecular flexibility index (Phi) is 16.8. The minimum Gasteiger partial charge on any atom is -0.468 e. The molecule has 0 spiro atoms. The van der Waals surface area contributed by atoms with Gasteiger partial charge in [0.25, 0.3) is 0 Å². The maximum Gasteiger partial charge on any atom is 0.325 e. The lowest BCUT2D eigenvalue weighted by molar-refractivity contribution is -0.142. The van der Waals surface area contributed by atoms with Crippen LogP contribution in [0.4, 0.5) is 0 Å². The van der Waals surface area contributed by atoms with Crippen LogP contribution in [0.3, 0.4) is 0 Å². The van der Waals surface area contributed by atoms with Crippen LogP contribution in [0.2, 0.25) is 0 Å². The van der Waals surface area contributed by atoms with E-state index in [0.29, 0.717) is 5.75 Å². The first-order valence-corrected chi connectivity index (χ1v) is 20.0. The number of methoxy groups -OCH3 is 2. The van der Waals surface area contributed by atoms with Crippen molar-refractivity contribution < 1.29 is 28.7 Å². The number of esters is 2. The van der Waals surface area contributed by atoms with Crippen molar-refractivity contribution in [3.8, 4) is 0 Å². The lowest BCUT2D eigenvalue weighted by Crippen LogP contribution is -2.49. The smallest absolute Gasteiger partial charge is 0.325 e. The molecule has 3 aromatic rings. The molecule has 4 N–H and O–H groups in total. The first kappa shape index (κ1) is 38.1. The highest BCUT2D eigenvalue weighted by Gasteiger charge is 2.44. The van der Waals surface area contributed by atoms with Gasteiger partial charge in [-0.15, -0.1) is 0 Å². The molecule has 0 aliphatic rings. The molecular weight excluding hydrogens is 654 g/mol. The van der Waals surface area contributed by atoms with Crippen molar-refractivity contribution in [2.75, 3.05) is 38.4 Å². The number of carbonyl (C=O) groups excluding carboxylic acids is 4. The van der Waals surface area contributed by atoms with Crippen LogP contribution in [-0.2, 0) is 28.7 Å². The summed E-state index contributed by atoms with van der Waals surface area (Å²) in [4.78, 5) is 48.4. The number of unbranched alkanes of at least 4 members (excludes halogenated alkanes) is 2. The van der Waals surface area contributed by atoms with Crippen molar-refractivity contribution >= 4 is 68.5 Å². The third-order valence-corrected chi connectivity index (χ3v) is 14.6. The van der Waals surface area contributed by atoms with Gasteiger partial charge < -0.3 is 25.8 Å². The first-order chi connectivity index (χ1) is 22.8. The second-order valence-electron chi connectivity index (χ2n) is 10.8. The van der Waals surface area contributed by atoms with Gasteiger partial charge in [-0.25, -0.2) is 0 Å². The van der Waals surface area contributed by atoms with Crippen LogP contribution in [0.1, 0.15) is 32.1 Å². The summed E-state index contributed by atoms with van der Waals surface area (Å²) in [7, 11) is 3.75. The zero-order chi connectivity index (χ0) is 33.9. The van der Waals surface area contributed by atoms with Gasteiger partial charge >= 0.3 is 11.9 Å². The van der Waals surface area contributed by atoms with Gasteiger partial charge in [0.2, 0.25) is 11.8 Å². The van der Waals surface area contributed by atoms with Gasteiger partial charge in [0.15, 0.2) is 0 Å². The van der Waals surface area contributed by atoms with Gasteiger partial charge in [-0.3, -0.25) is 19.2 Å². The summed E-state index contributed by atoms with van der Waals surface area (Å²) < 4.78 is 9.19. The molecule has 3 aromatic carbocycles. The third-order valence-electron chi connectivity index (χ3n) is 7.60. The van der Waals surface area contributed by atoms with E-state index in [1.165, 1.54) is 40.9 Å². The summed E-state index contributed by atoms with van der Waals surface area (Å²) in [5.74, 6) is -0.918. The molecule has 12 heteroatoms. The Morgan fingerprint density at radius 2 is 1.32 bits per heavy atom. The molecule has 2 unspecified atom stereocenters. The monoisotopic (exact) mass is 698 g/mol. The van der Waals surface area contributed by atoms with E-state index in [1.807, 2.05) is 0 Å². The highest BCUT2D eigenvalue weighted by atomic mass is 33.1. The summed E-state index contributed by atoms with van der Waals surface area (Å²) in [5, 5.41) is 9.36. The van der Waals surface area contributed by atoms with Crippen LogP contribution >= 0.6 is 28.9 Å². The highest BCUT2D eigenvalue weighted by Crippen LogP contribution is 2.56. The molecule has 0 bridgehead atoms. The molecular formula is C35H45N3O6PS2+. The van der Waals surface area contributed by atoms with Crippen molar-refractivity contribution in [2.24, 2.45) is 5.73 Å². The Bertz CT molecular complexity index is 1310. The molecule has 47 heavy (non-hydrogen) atoms. The van der Waals surface area contributed by atoms with E-state index in [0.717, 1.165) is 31.2 Å². The number of nitrogens with two attached hydrogens (primary N) is 1. The van der Waals surface area contributed by atoms with Crippen molar-refractivity contribution in [1.29, 1.82) is 0 Å². The number of nitrogens with one attached hydrogen (secondary N) is 2. The Balaban J connectivity index is 1.55. The maximum atomic E-state index is 12.8. The number of benzene rings is 3. The van der Waals surface area contributed by atoms with Crippen molar-refractivity contribution in [3.05, 3.63) is 91.0 Å². The quantitative estimate of drug-likeness (QED) is 0.0700. The van der Waals surface area contributed by atoms with Crippen LogP contribution in [-0.4, -0.2) is 74.3 Å². The van der Waals surface area contributed by atoms with E-state index < -0.39 is 43.1 Å². The van der Waals surface area contributed by atoms with E-state index in [9.17, 15) is 19.2 Å². The number of carbonyl (C=O) groups is 4. The SMILES string of the molecule is COC(=O)CNC(=O)C(CSSCCCCC[P+](c1ccccc1)(c1ccccc1)c1ccccc1)NC(=O)CCC(N)C(=O)OC. The van der Waals surface area contributed by atoms with Crippen molar-refractivity contribution in [2.45, 2.75) is 44.2 Å². The van der Waals surface area contributed by atoms with Gasteiger partial charge in [-0.2, -0.15) is 0 Å². The Morgan fingerprint density at radius 3 is 1.83 bits per heavy atom. The molecule has 2 atom stereocenters. The second-order valence-corrected chi connectivity index (χ2v) is 17.0. The molecule has 0 aliphatic carbocycles. The maximum absolute atomic E-state index is 12.8. The van der Waals surface area contributed by atoms with Gasteiger partial charge in [-0.1, -0.05) is 76.2 Å². The van der Waals surface area contributed by atoms with Crippen molar-refractivity contribution in [1.82, 2.24) is 10.6 Å². The van der Waals surface area contributed by atoms with Crippen LogP contribution in [0.15, 0.2) is 91.0 Å². The molecule has 2 amide bonds. The summed E-state index contributed by atoms with van der Waals surface area (Å²) in [5.41, 5.74) is 5.73. The lowest BCUT2D eigenvalue weighted by atomic mass is 10.1. The minimum absolute atomic E-state index is 0.0477. The molecule has 0 heterocycles. The predicted molar refractivity (Wildman–Crippen MR) is 195 cm³/mol. The zero-order valence-corrected chi connectivity index (χ0v) is 29.5. The van der Waals surface area contributed by atoms with Crippen LogP contribution in [0.5, 0.6) is 0 Å². The van der Waals surface area contributed by atoms with Gasteiger partial charge in [0.1, 0.15) is 41.8 Å². The van der Waals surface area contributed by atoms with Gasteiger partial charge in [0, 0.05) is 17.9 Å². The third kappa shape index (κ3) is 12.0. The molecule has 0 aliphatic heterocycles. The minimum atomic E-state index is -1.85. The average molecular weight is 699 g/mol. The molecule has 0 saturated heterocycles. The fourth-order valence-corrected chi connectivity index (χ4v) is 11.8. The largest absolute Gasteiger partial charge is 0.468 e. The summed E-state index contributed by atoms with van der Waals surface area (Å²) >= 11 is 0. The molecule has 252 valence electrons. The Morgan fingerprint density at radius 1 is 0.766 bits per heavy atom. The molecule has 0 fully saturated rings. The summed E-state index contributed by atoms with van der Waals surface area (Å²) in [6.45, 7) is -0.300. The van der Waals surface area contributed by atoms with E-state index in [-0.39, 0.29) is 19.4 Å². The van der Waals surface area contributed by atoms with Crippen LogP contribution < -0.4 is 32.3 Å². The fourth-order valence-electron chi connectivity index (χ4n) is 5.10. The number of ether oxygens (including phenoxy) is 2. The molecule has 0 aromatic heterocycles. The number of amides is 2. The molecule has 0 saturated carbocycles. The van der Waals surface area contributed by atoms with Crippen LogP contribution in [0.25, 0.3) is 0 Å². The fraction of sp³-hybridized carbons (Fsp3) is 0.371. The molecule has 0 radical (unpaired) electrons. The predicted octanol–water partition coefficient (Wildman–Crippen LogP) is 3.59. The number of hydrogen-bond donors (Lipinski definition) is 3. The normalized spacial score (nSPS) is 12.4. The lowest BCUT2D eigenvalue weighted by Gasteiger charge is -2.27. The number of rotatable bonds is 20. The molecule has 3 rings (SSSR count). The van der Waals surface area contributed by atoms with E-state index >= 15 is 0 Å². The average Bonchev–Trinajstić information content (AvgIpc) is 3.12. The standard InChI is InChI=1S/C35H44N3O6PS2/c1-43-33(40)25-37-34(41)31(38-32(39)22-21-30(36)35(42)44-2)26-47-46-24-14-6-13-23-45(27-15-7-3-8-16-27,28-17-9-4-10-18-28)29-19-11-5-12-20-29/h3-5,7-12,15-20,30-31H,6,13-14,21-26,36H2,1-2H3,(H-,37,38,39,41)/p+1. The molecule has 9 nitrogen and oxygen atoms in total. The van der Waals surface area contributed by atoms with E-state index in [4.69, 9.17) is 5.73 Å². The first-order valence-electron chi connectivity index (χ1n) is 15.6. The second kappa shape index (κ2) is 20.8. The van der Waals surface area contributed by atoms with Crippen LogP contribution in [0, 0.1) is 0 Å². The number of hydrogen-bond acceptors (Lipinski definition) is 9. The van der Waals surface area contributed by atoms with Gasteiger partial charge in [0.05, 0.1) is 20.4 Å².